The summed E-state index contributed by atoms with van der Waals surface area (Å²) >= 11 is 6.40. The van der Waals surface area contributed by atoms with Crippen molar-refractivity contribution in [2.45, 2.75) is 89.4 Å². The Balaban J connectivity index is 1.07. The van der Waals surface area contributed by atoms with E-state index in [4.69, 9.17) is 30.5 Å². The highest BCUT2D eigenvalue weighted by Gasteiger charge is 2.52. The maximum atomic E-state index is 13.6. The van der Waals surface area contributed by atoms with Crippen molar-refractivity contribution >= 4 is 33.2 Å². The van der Waals surface area contributed by atoms with Gasteiger partial charge in [0, 0.05) is 48.1 Å². The fourth-order valence-electron chi connectivity index (χ4n) is 9.41. The standard InChI is InChI=1S/C40H54ClN3O7S/c1-26-6-5-8-35(39-50-20-33(21-51-39)44-22-40(23-44)24-48-25-40)34-13-10-30(34)18-43-15-4-3-7-28-16-32(41)12-9-31(28)19-49-37-14-11-29(17-36(37)43)38(45)42-52(46,47)27(26)2/h9,11-12,14,16-17,26-27,30,33-35,39H,3-8,10,13,15,18-25H2,1-2H3,(H,42,45)/t26-,27+,30-,33-,34+,35+,39-/m0/s1. The highest BCUT2D eigenvalue weighted by atomic mass is 35.5. The third-order valence-electron chi connectivity index (χ3n) is 13.1. The fourth-order valence-corrected chi connectivity index (χ4v) is 10.9. The number of benzene rings is 2. The summed E-state index contributed by atoms with van der Waals surface area (Å²) in [6.07, 6.45) is 7.34. The second-order valence-electron chi connectivity index (χ2n) is 16.6. The maximum Gasteiger partial charge on any atom is 0.264 e. The van der Waals surface area contributed by atoms with Gasteiger partial charge in [0.25, 0.3) is 5.91 Å². The van der Waals surface area contributed by atoms with Gasteiger partial charge in [0.1, 0.15) is 12.4 Å². The molecule has 1 N–H and O–H groups in total. The lowest BCUT2D eigenvalue weighted by atomic mass is 9.65. The molecule has 1 spiro atoms. The molecule has 6 aliphatic rings. The van der Waals surface area contributed by atoms with Crippen LogP contribution in [0.1, 0.15) is 80.3 Å². The second kappa shape index (κ2) is 15.0. The van der Waals surface area contributed by atoms with Crippen LogP contribution in [0.15, 0.2) is 36.4 Å². The molecule has 1 saturated carbocycles. The number of hydrogen-bond donors (Lipinski definition) is 1. The van der Waals surface area contributed by atoms with Crippen molar-refractivity contribution < 1.29 is 32.2 Å². The molecule has 284 valence electrons. The van der Waals surface area contributed by atoms with Crippen LogP contribution in [-0.4, -0.2) is 89.4 Å². The Hall–Kier alpha value is -2.41. The molecule has 2 bridgehead atoms. The molecule has 5 atom stereocenters. The van der Waals surface area contributed by atoms with Crippen molar-refractivity contribution in [2.24, 2.45) is 29.1 Å². The van der Waals surface area contributed by atoms with Crippen LogP contribution in [-0.2, 0) is 37.3 Å². The predicted molar refractivity (Wildman–Crippen MR) is 200 cm³/mol. The minimum atomic E-state index is -3.91. The number of ether oxygens (including phenoxy) is 4. The molecular weight excluding hydrogens is 702 g/mol. The average molecular weight is 756 g/mol. The quantitative estimate of drug-likeness (QED) is 0.393. The van der Waals surface area contributed by atoms with Crippen LogP contribution in [0, 0.1) is 29.1 Å². The first kappa shape index (κ1) is 36.6. The zero-order chi connectivity index (χ0) is 36.0. The van der Waals surface area contributed by atoms with E-state index in [-0.39, 0.29) is 24.2 Å². The Bertz CT molecular complexity index is 1720. The number of hydrogen-bond acceptors (Lipinski definition) is 9. The van der Waals surface area contributed by atoms with Gasteiger partial charge in [-0.3, -0.25) is 9.69 Å². The van der Waals surface area contributed by atoms with E-state index in [1.54, 1.807) is 13.0 Å². The number of carbonyl (C=O) groups is 1. The van der Waals surface area contributed by atoms with Crippen LogP contribution in [0.5, 0.6) is 5.75 Å². The Kier molecular flexibility index (Phi) is 10.6. The van der Waals surface area contributed by atoms with E-state index in [9.17, 15) is 13.2 Å². The topological polar surface area (TPSA) is 107 Å². The molecule has 12 heteroatoms. The molecule has 4 fully saturated rings. The van der Waals surface area contributed by atoms with Gasteiger partial charge >= 0.3 is 0 Å². The summed E-state index contributed by atoms with van der Waals surface area (Å²) in [6.45, 7) is 10.9. The van der Waals surface area contributed by atoms with Gasteiger partial charge < -0.3 is 23.8 Å². The zero-order valence-corrected chi connectivity index (χ0v) is 32.1. The van der Waals surface area contributed by atoms with E-state index in [1.165, 1.54) is 5.56 Å². The summed E-state index contributed by atoms with van der Waals surface area (Å²) in [5.41, 5.74) is 3.78. The van der Waals surface area contributed by atoms with Gasteiger partial charge in [-0.2, -0.15) is 0 Å². The molecule has 8 rings (SSSR count). The molecule has 1 amide bonds. The molecule has 2 aromatic carbocycles. The van der Waals surface area contributed by atoms with Crippen molar-refractivity contribution in [1.82, 2.24) is 9.62 Å². The third-order valence-corrected chi connectivity index (χ3v) is 15.3. The average Bonchev–Trinajstić information content (AvgIpc) is 3.11. The maximum absolute atomic E-state index is 13.6. The Morgan fingerprint density at radius 1 is 0.904 bits per heavy atom. The summed E-state index contributed by atoms with van der Waals surface area (Å²) < 4.78 is 54.7. The summed E-state index contributed by atoms with van der Waals surface area (Å²) in [7, 11) is -3.91. The second-order valence-corrected chi connectivity index (χ2v) is 19.1. The largest absolute Gasteiger partial charge is 0.487 e. The molecule has 5 aliphatic heterocycles. The van der Waals surface area contributed by atoms with Crippen molar-refractivity contribution in [1.29, 1.82) is 0 Å². The minimum absolute atomic E-state index is 0.128. The van der Waals surface area contributed by atoms with Crippen LogP contribution in [0.25, 0.3) is 0 Å². The smallest absolute Gasteiger partial charge is 0.264 e. The monoisotopic (exact) mass is 755 g/mol. The van der Waals surface area contributed by atoms with Gasteiger partial charge in [0.05, 0.1) is 43.4 Å². The van der Waals surface area contributed by atoms with Crippen LogP contribution < -0.4 is 14.4 Å². The highest BCUT2D eigenvalue weighted by molar-refractivity contribution is 7.90. The normalized spacial score (nSPS) is 33.8. The van der Waals surface area contributed by atoms with Gasteiger partial charge in [0.15, 0.2) is 6.29 Å². The van der Waals surface area contributed by atoms with Gasteiger partial charge in [-0.05, 0) is 111 Å². The van der Waals surface area contributed by atoms with Gasteiger partial charge in [-0.25, -0.2) is 13.1 Å². The molecule has 10 nitrogen and oxygen atoms in total. The predicted octanol–water partition coefficient (Wildman–Crippen LogP) is 6.05. The molecule has 3 saturated heterocycles. The first-order valence-electron chi connectivity index (χ1n) is 19.5. The molecule has 0 aromatic heterocycles. The van der Waals surface area contributed by atoms with Crippen LogP contribution in [0.4, 0.5) is 5.69 Å². The highest BCUT2D eigenvalue weighted by Crippen LogP contribution is 2.47. The number of nitrogens with zero attached hydrogens (tertiary/aromatic N) is 2. The fraction of sp³-hybridized carbons (Fsp3) is 0.675. The zero-order valence-electron chi connectivity index (χ0n) is 30.6. The van der Waals surface area contributed by atoms with Crippen LogP contribution >= 0.6 is 11.6 Å². The molecule has 5 heterocycles. The number of likely N-dealkylation sites (tertiary alicyclic amines) is 1. The van der Waals surface area contributed by atoms with E-state index in [0.717, 1.165) is 107 Å². The Labute approximate surface area is 313 Å². The lowest BCUT2D eigenvalue weighted by Crippen LogP contribution is -2.70. The van der Waals surface area contributed by atoms with E-state index < -0.39 is 21.2 Å². The number of anilines is 1. The number of carbonyl (C=O) groups excluding carboxylic acids is 1. The third kappa shape index (κ3) is 7.47. The van der Waals surface area contributed by atoms with Crippen LogP contribution in [0.3, 0.4) is 0 Å². The minimum Gasteiger partial charge on any atom is -0.487 e. The Morgan fingerprint density at radius 2 is 1.71 bits per heavy atom. The number of nitrogens with one attached hydrogen (secondary N) is 1. The molecule has 2 aromatic rings. The first-order chi connectivity index (χ1) is 25.1. The molecular formula is C40H54ClN3O7S. The SMILES string of the molecule is C[C@@H]1[C@@H](C)CCC[C@@H]([C@H]2OC[C@H](N3CC4(COC4)C3)CO2)[C@@H]2CC[C@H]2CN2CCCCc3cc(Cl)ccc3COc3ccc(cc32)C(=O)NS1(=O)=O. The number of amides is 1. The molecule has 52 heavy (non-hydrogen) atoms. The Morgan fingerprint density at radius 3 is 2.44 bits per heavy atom. The van der Waals surface area contributed by atoms with Gasteiger partial charge in [0.2, 0.25) is 10.0 Å². The summed E-state index contributed by atoms with van der Waals surface area (Å²) in [5.74, 6) is 1.02. The number of rotatable bonds is 2. The van der Waals surface area contributed by atoms with Crippen LogP contribution in [0.2, 0.25) is 5.02 Å². The molecule has 0 unspecified atom stereocenters. The van der Waals surface area contributed by atoms with E-state index in [2.05, 4.69) is 14.5 Å². The summed E-state index contributed by atoms with van der Waals surface area (Å²) in [6, 6.07) is 11.6. The van der Waals surface area contributed by atoms with Gasteiger partial charge in [-0.1, -0.05) is 31.0 Å². The number of fused-ring (bicyclic) bond motifs is 3. The summed E-state index contributed by atoms with van der Waals surface area (Å²) in [4.78, 5) is 18.4. The number of halogens is 1. The van der Waals surface area contributed by atoms with E-state index >= 15 is 0 Å². The molecule has 0 radical (unpaired) electrons. The number of aryl methyl sites for hydroxylation is 1. The number of sulfonamides is 1. The van der Waals surface area contributed by atoms with E-state index in [0.29, 0.717) is 48.4 Å². The molecule has 1 aliphatic carbocycles. The van der Waals surface area contributed by atoms with Crippen molar-refractivity contribution in [2.75, 3.05) is 57.5 Å². The summed E-state index contributed by atoms with van der Waals surface area (Å²) in [5, 5.41) is -0.00417. The van der Waals surface area contributed by atoms with Crippen molar-refractivity contribution in [3.8, 4) is 5.75 Å². The van der Waals surface area contributed by atoms with Crippen molar-refractivity contribution in [3.05, 3.63) is 58.1 Å². The van der Waals surface area contributed by atoms with E-state index in [1.807, 2.05) is 37.3 Å². The lowest BCUT2D eigenvalue weighted by Gasteiger charge is -2.58. The van der Waals surface area contributed by atoms with Crippen molar-refractivity contribution in [3.63, 3.8) is 0 Å². The van der Waals surface area contributed by atoms with Gasteiger partial charge in [-0.15, -0.1) is 0 Å². The first-order valence-corrected chi connectivity index (χ1v) is 21.4. The lowest BCUT2D eigenvalue weighted by molar-refractivity contribution is -0.267.